The van der Waals surface area contributed by atoms with Gasteiger partial charge in [0.25, 0.3) is 0 Å². The molecule has 8 heavy (non-hydrogen) atoms. The average molecular weight is 184 g/mol. The molecule has 0 aliphatic rings. The molecule has 0 bridgehead atoms. The van der Waals surface area contributed by atoms with E-state index < -0.39 is 0 Å². The van der Waals surface area contributed by atoms with Crippen molar-refractivity contribution in [3.8, 4) is 0 Å². The van der Waals surface area contributed by atoms with Gasteiger partial charge in [-0.1, -0.05) is 0 Å². The SMILES string of the molecule is Sc1ccccc1[As]. The predicted molar refractivity (Wildman–Crippen MR) is 39.1 cm³/mol. The minimum atomic E-state index is 1.03. The van der Waals surface area contributed by atoms with Gasteiger partial charge in [0.05, 0.1) is 0 Å². The van der Waals surface area contributed by atoms with E-state index >= 15 is 0 Å². The maximum atomic E-state index is 4.18. The van der Waals surface area contributed by atoms with E-state index in [0.29, 0.717) is 0 Å². The predicted octanol–water partition coefficient (Wildman–Crippen LogP) is 0.769. The fourth-order valence-electron chi connectivity index (χ4n) is 0.464. The van der Waals surface area contributed by atoms with Crippen LogP contribution in [0.15, 0.2) is 29.2 Å². The van der Waals surface area contributed by atoms with Gasteiger partial charge in [0.15, 0.2) is 0 Å². The van der Waals surface area contributed by atoms with Crippen molar-refractivity contribution in [3.63, 3.8) is 0 Å². The standard InChI is InChI=1S/C6H5AsS/c7-5-3-1-2-4-6(5)8/h1-4,8H. The molecule has 1 aromatic rings. The molecule has 0 saturated carbocycles. The Morgan fingerprint density at radius 2 is 1.88 bits per heavy atom. The molecule has 0 saturated heterocycles. The van der Waals surface area contributed by atoms with Crippen molar-refractivity contribution in [1.29, 1.82) is 0 Å². The first-order chi connectivity index (χ1) is 3.80. The summed E-state index contributed by atoms with van der Waals surface area (Å²) in [4.78, 5) is 1.03. The molecule has 0 aliphatic heterocycles. The third-order valence-corrected chi connectivity index (χ3v) is 2.47. The molecule has 0 heterocycles. The molecule has 40 valence electrons. The van der Waals surface area contributed by atoms with Gasteiger partial charge in [-0.15, -0.1) is 0 Å². The van der Waals surface area contributed by atoms with E-state index in [1.807, 2.05) is 24.3 Å². The molecule has 2 radical (unpaired) electrons. The van der Waals surface area contributed by atoms with Gasteiger partial charge < -0.3 is 0 Å². The fraction of sp³-hybridized carbons (Fsp3) is 0. The van der Waals surface area contributed by atoms with Gasteiger partial charge in [0, 0.05) is 0 Å². The first kappa shape index (κ1) is 6.25. The Morgan fingerprint density at radius 1 is 1.25 bits per heavy atom. The Hall–Kier alpha value is 0.128. The van der Waals surface area contributed by atoms with E-state index in [-0.39, 0.29) is 0 Å². The van der Waals surface area contributed by atoms with Gasteiger partial charge in [-0.25, -0.2) is 0 Å². The molecule has 2 heteroatoms. The van der Waals surface area contributed by atoms with Crippen LogP contribution in [0.1, 0.15) is 0 Å². The molecular formula is C6H5AsS. The van der Waals surface area contributed by atoms with Crippen LogP contribution < -0.4 is 4.35 Å². The van der Waals surface area contributed by atoms with Crippen LogP contribution in [0.4, 0.5) is 0 Å². The summed E-state index contributed by atoms with van der Waals surface area (Å²) < 4.78 is 1.17. The van der Waals surface area contributed by atoms with Crippen LogP contribution >= 0.6 is 12.6 Å². The average Bonchev–Trinajstić information content (AvgIpc) is 1.77. The molecule has 1 rings (SSSR count). The summed E-state index contributed by atoms with van der Waals surface area (Å²) in [5, 5.41) is 0. The molecule has 1 aromatic carbocycles. The van der Waals surface area contributed by atoms with Crippen LogP contribution in [0, 0.1) is 0 Å². The van der Waals surface area contributed by atoms with E-state index in [1.54, 1.807) is 0 Å². The molecule has 0 amide bonds. The Labute approximate surface area is 63.2 Å². The summed E-state index contributed by atoms with van der Waals surface area (Å²) in [7, 11) is 0. The zero-order valence-electron chi connectivity index (χ0n) is 4.20. The van der Waals surface area contributed by atoms with Crippen molar-refractivity contribution in [2.45, 2.75) is 4.90 Å². The zero-order valence-corrected chi connectivity index (χ0v) is 6.97. The molecular weight excluding hydrogens is 179 g/mol. The van der Waals surface area contributed by atoms with Gasteiger partial charge in [-0.2, -0.15) is 0 Å². The van der Waals surface area contributed by atoms with Gasteiger partial charge in [-0.3, -0.25) is 0 Å². The third-order valence-electron chi connectivity index (χ3n) is 0.882. The normalized spacial score (nSPS) is 9.25. The van der Waals surface area contributed by atoms with Crippen LogP contribution in [-0.2, 0) is 0 Å². The van der Waals surface area contributed by atoms with Crippen LogP contribution in [-0.4, -0.2) is 16.9 Å². The van der Waals surface area contributed by atoms with Crippen LogP contribution in [0.3, 0.4) is 0 Å². The van der Waals surface area contributed by atoms with Crippen LogP contribution in [0.2, 0.25) is 0 Å². The second-order valence-electron chi connectivity index (χ2n) is 1.49. The maximum absolute atomic E-state index is 4.18. The van der Waals surface area contributed by atoms with Crippen molar-refractivity contribution in [1.82, 2.24) is 0 Å². The number of hydrogen-bond donors (Lipinski definition) is 1. The summed E-state index contributed by atoms with van der Waals surface area (Å²) in [5.41, 5.74) is 0. The summed E-state index contributed by atoms with van der Waals surface area (Å²) >= 11 is 6.65. The first-order valence-corrected chi connectivity index (χ1v) is 3.66. The fourth-order valence-corrected chi connectivity index (χ4v) is 0.962. The molecule has 0 aliphatic carbocycles. The topological polar surface area (TPSA) is 0 Å². The molecule has 0 nitrogen and oxygen atoms in total. The quantitative estimate of drug-likeness (QED) is 0.446. The second-order valence-corrected chi connectivity index (χ2v) is 2.98. The molecule has 0 aromatic heterocycles. The summed E-state index contributed by atoms with van der Waals surface area (Å²) in [5.74, 6) is 0. The summed E-state index contributed by atoms with van der Waals surface area (Å²) in [6.45, 7) is 0. The van der Waals surface area contributed by atoms with E-state index in [4.69, 9.17) is 0 Å². The van der Waals surface area contributed by atoms with Gasteiger partial charge in [0.2, 0.25) is 0 Å². The van der Waals surface area contributed by atoms with E-state index in [0.717, 1.165) is 4.90 Å². The van der Waals surface area contributed by atoms with Gasteiger partial charge in [0.1, 0.15) is 0 Å². The Balaban J connectivity index is 3.13. The number of benzene rings is 1. The molecule has 0 spiro atoms. The van der Waals surface area contributed by atoms with E-state index in [2.05, 4.69) is 29.5 Å². The van der Waals surface area contributed by atoms with Crippen molar-refractivity contribution < 1.29 is 0 Å². The van der Waals surface area contributed by atoms with Gasteiger partial charge in [-0.05, 0) is 0 Å². The van der Waals surface area contributed by atoms with Crippen LogP contribution in [0.25, 0.3) is 0 Å². The van der Waals surface area contributed by atoms with E-state index in [1.165, 1.54) is 4.35 Å². The molecule has 0 fully saturated rings. The Kier molecular flexibility index (Phi) is 2.04. The van der Waals surface area contributed by atoms with Crippen molar-refractivity contribution in [3.05, 3.63) is 24.3 Å². The third kappa shape index (κ3) is 1.30. The van der Waals surface area contributed by atoms with Crippen molar-refractivity contribution in [2.24, 2.45) is 0 Å². The van der Waals surface area contributed by atoms with Gasteiger partial charge >= 0.3 is 63.0 Å². The summed E-state index contributed by atoms with van der Waals surface area (Å²) in [6, 6.07) is 7.95. The minimum absolute atomic E-state index is 1.03. The van der Waals surface area contributed by atoms with E-state index in [9.17, 15) is 0 Å². The number of hydrogen-bond acceptors (Lipinski definition) is 1. The zero-order chi connectivity index (χ0) is 5.98. The number of thiol groups is 1. The Morgan fingerprint density at radius 3 is 2.25 bits per heavy atom. The Bertz CT molecular complexity index is 165. The van der Waals surface area contributed by atoms with Crippen molar-refractivity contribution in [2.75, 3.05) is 0 Å². The molecule has 0 unspecified atom stereocenters. The number of rotatable bonds is 0. The molecule has 0 atom stereocenters. The van der Waals surface area contributed by atoms with Crippen LogP contribution in [0.5, 0.6) is 0 Å². The first-order valence-electron chi connectivity index (χ1n) is 2.27. The second kappa shape index (κ2) is 2.61. The summed E-state index contributed by atoms with van der Waals surface area (Å²) in [6.07, 6.45) is 0. The molecule has 0 N–H and O–H groups in total. The monoisotopic (exact) mass is 184 g/mol. The van der Waals surface area contributed by atoms with Crippen molar-refractivity contribution >= 4 is 33.8 Å².